The first-order valence-electron chi connectivity index (χ1n) is 8.51. The van der Waals surface area contributed by atoms with E-state index in [0.717, 1.165) is 36.1 Å². The van der Waals surface area contributed by atoms with E-state index in [1.165, 1.54) is 10.4 Å². The Kier molecular flexibility index (Phi) is 6.63. The Hall–Kier alpha value is -2.37. The molecule has 0 fully saturated rings. The molecule has 0 spiro atoms. The van der Waals surface area contributed by atoms with Crippen molar-refractivity contribution in [2.75, 3.05) is 19.0 Å². The average Bonchev–Trinajstić information content (AvgIpc) is 3.19. The van der Waals surface area contributed by atoms with Gasteiger partial charge in [0.05, 0.1) is 13.7 Å². The summed E-state index contributed by atoms with van der Waals surface area (Å²) in [6, 6.07) is 22.6. The lowest BCUT2D eigenvalue weighted by molar-refractivity contribution is 0.415. The van der Waals surface area contributed by atoms with Crippen molar-refractivity contribution in [1.82, 2.24) is 4.90 Å². The molecular formula is C21H22N2OS2. The summed E-state index contributed by atoms with van der Waals surface area (Å²) in [5.74, 6) is 0.834. The predicted molar refractivity (Wildman–Crippen MR) is 114 cm³/mol. The highest BCUT2D eigenvalue weighted by Gasteiger charge is 2.12. The van der Waals surface area contributed by atoms with Crippen molar-refractivity contribution >= 4 is 34.4 Å². The van der Waals surface area contributed by atoms with Gasteiger partial charge in [-0.2, -0.15) is 0 Å². The maximum absolute atomic E-state index is 5.70. The Balaban J connectivity index is 1.67. The molecule has 1 heterocycles. The molecule has 3 nitrogen and oxygen atoms in total. The summed E-state index contributed by atoms with van der Waals surface area (Å²) in [5.41, 5.74) is 2.28. The normalized spacial score (nSPS) is 10.3. The van der Waals surface area contributed by atoms with Crippen LogP contribution in [0.4, 0.5) is 5.69 Å². The van der Waals surface area contributed by atoms with Crippen molar-refractivity contribution < 1.29 is 4.74 Å². The molecule has 0 bridgehead atoms. The van der Waals surface area contributed by atoms with Gasteiger partial charge in [-0.15, -0.1) is 11.3 Å². The zero-order valence-electron chi connectivity index (χ0n) is 14.7. The van der Waals surface area contributed by atoms with Gasteiger partial charge in [-0.25, -0.2) is 0 Å². The van der Waals surface area contributed by atoms with Gasteiger partial charge < -0.3 is 15.0 Å². The van der Waals surface area contributed by atoms with Crippen LogP contribution in [0.15, 0.2) is 72.1 Å². The van der Waals surface area contributed by atoms with Gasteiger partial charge in [-0.05, 0) is 59.9 Å². The Morgan fingerprint density at radius 1 is 1.04 bits per heavy atom. The molecule has 0 aliphatic carbocycles. The fourth-order valence-corrected chi connectivity index (χ4v) is 3.62. The summed E-state index contributed by atoms with van der Waals surface area (Å²) < 4.78 is 5.21. The fourth-order valence-electron chi connectivity index (χ4n) is 2.63. The number of methoxy groups -OCH3 is 1. The minimum Gasteiger partial charge on any atom is -0.497 e. The standard InChI is InChI=1S/C21H22N2OS2/c1-24-19-11-9-18(10-12-19)22-21(25)23(16-20-8-5-15-26-20)14-13-17-6-3-2-4-7-17/h2-12,15H,13-14,16H2,1H3,(H,22,25). The second-order valence-electron chi connectivity index (χ2n) is 5.90. The van der Waals surface area contributed by atoms with Gasteiger partial charge in [0, 0.05) is 17.1 Å². The van der Waals surface area contributed by atoms with Crippen LogP contribution in [0.2, 0.25) is 0 Å². The molecule has 0 saturated carbocycles. The summed E-state index contributed by atoms with van der Waals surface area (Å²) in [5, 5.41) is 6.19. The second-order valence-corrected chi connectivity index (χ2v) is 7.31. The van der Waals surface area contributed by atoms with Gasteiger partial charge in [-0.1, -0.05) is 36.4 Å². The first kappa shape index (κ1) is 18.4. The molecule has 5 heteroatoms. The first-order chi connectivity index (χ1) is 12.7. The van der Waals surface area contributed by atoms with Crippen LogP contribution in [0.25, 0.3) is 0 Å². The molecule has 3 rings (SSSR count). The molecule has 134 valence electrons. The number of benzene rings is 2. The first-order valence-corrected chi connectivity index (χ1v) is 9.79. The van der Waals surface area contributed by atoms with Crippen LogP contribution in [0.5, 0.6) is 5.75 Å². The highest BCUT2D eigenvalue weighted by molar-refractivity contribution is 7.80. The number of hydrogen-bond acceptors (Lipinski definition) is 3. The van der Waals surface area contributed by atoms with Crippen molar-refractivity contribution in [3.63, 3.8) is 0 Å². The van der Waals surface area contributed by atoms with E-state index >= 15 is 0 Å². The molecule has 2 aromatic carbocycles. The predicted octanol–water partition coefficient (Wildman–Crippen LogP) is 5.20. The average molecular weight is 383 g/mol. The molecule has 0 unspecified atom stereocenters. The molecule has 0 aliphatic rings. The summed E-state index contributed by atoms with van der Waals surface area (Å²) in [6.07, 6.45) is 0.955. The Morgan fingerprint density at radius 2 is 1.81 bits per heavy atom. The number of thiocarbonyl (C=S) groups is 1. The molecule has 0 atom stereocenters. The Bertz CT molecular complexity index is 802. The maximum Gasteiger partial charge on any atom is 0.173 e. The van der Waals surface area contributed by atoms with E-state index in [4.69, 9.17) is 17.0 Å². The number of thiophene rings is 1. The van der Waals surface area contributed by atoms with Crippen LogP contribution >= 0.6 is 23.6 Å². The molecule has 0 saturated heterocycles. The number of anilines is 1. The van der Waals surface area contributed by atoms with Gasteiger partial charge in [-0.3, -0.25) is 0 Å². The quantitative estimate of drug-likeness (QED) is 0.568. The largest absolute Gasteiger partial charge is 0.497 e. The highest BCUT2D eigenvalue weighted by Crippen LogP contribution is 2.17. The van der Waals surface area contributed by atoms with Gasteiger partial charge >= 0.3 is 0 Å². The van der Waals surface area contributed by atoms with E-state index < -0.39 is 0 Å². The minimum atomic E-state index is 0.736. The lowest BCUT2D eigenvalue weighted by atomic mass is 10.1. The number of hydrogen-bond donors (Lipinski definition) is 1. The Morgan fingerprint density at radius 3 is 2.46 bits per heavy atom. The van der Waals surface area contributed by atoms with Crippen LogP contribution < -0.4 is 10.1 Å². The third-order valence-electron chi connectivity index (χ3n) is 4.07. The van der Waals surface area contributed by atoms with Crippen molar-refractivity contribution in [3.05, 3.63) is 82.6 Å². The highest BCUT2D eigenvalue weighted by atomic mass is 32.1. The van der Waals surface area contributed by atoms with Crippen molar-refractivity contribution in [2.45, 2.75) is 13.0 Å². The molecule has 0 amide bonds. The van der Waals surface area contributed by atoms with E-state index in [-0.39, 0.29) is 0 Å². The summed E-state index contributed by atoms with van der Waals surface area (Å²) >= 11 is 7.45. The maximum atomic E-state index is 5.70. The Labute approximate surface area is 164 Å². The van der Waals surface area contributed by atoms with Crippen LogP contribution in [0, 0.1) is 0 Å². The van der Waals surface area contributed by atoms with Crippen LogP contribution in [0.1, 0.15) is 10.4 Å². The van der Waals surface area contributed by atoms with E-state index in [0.29, 0.717) is 0 Å². The van der Waals surface area contributed by atoms with E-state index in [1.54, 1.807) is 18.4 Å². The van der Waals surface area contributed by atoms with Gasteiger partial charge in [0.2, 0.25) is 0 Å². The number of nitrogens with zero attached hydrogens (tertiary/aromatic N) is 1. The van der Waals surface area contributed by atoms with Crippen LogP contribution in [0.3, 0.4) is 0 Å². The molecule has 26 heavy (non-hydrogen) atoms. The number of ether oxygens (including phenoxy) is 1. The van der Waals surface area contributed by atoms with Crippen molar-refractivity contribution in [3.8, 4) is 5.75 Å². The fraction of sp³-hybridized carbons (Fsp3) is 0.190. The molecular weight excluding hydrogens is 360 g/mol. The lowest BCUT2D eigenvalue weighted by Gasteiger charge is -2.25. The number of nitrogens with one attached hydrogen (secondary N) is 1. The van der Waals surface area contributed by atoms with Gasteiger partial charge in [0.15, 0.2) is 5.11 Å². The van der Waals surface area contributed by atoms with Crippen LogP contribution in [-0.4, -0.2) is 23.7 Å². The summed E-state index contributed by atoms with van der Waals surface area (Å²) in [6.45, 7) is 1.68. The summed E-state index contributed by atoms with van der Waals surface area (Å²) in [7, 11) is 1.67. The molecule has 3 aromatic rings. The summed E-state index contributed by atoms with van der Waals surface area (Å²) in [4.78, 5) is 3.52. The van der Waals surface area contributed by atoms with E-state index in [1.807, 2.05) is 30.3 Å². The molecule has 1 aromatic heterocycles. The number of rotatable bonds is 7. The SMILES string of the molecule is COc1ccc(NC(=S)N(CCc2ccccc2)Cc2cccs2)cc1. The second kappa shape index (κ2) is 9.36. The van der Waals surface area contributed by atoms with Gasteiger partial charge in [0.1, 0.15) is 5.75 Å². The van der Waals surface area contributed by atoms with E-state index in [9.17, 15) is 0 Å². The van der Waals surface area contributed by atoms with E-state index in [2.05, 4.69) is 52.0 Å². The van der Waals surface area contributed by atoms with Crippen LogP contribution in [-0.2, 0) is 13.0 Å². The molecule has 0 radical (unpaired) electrons. The monoisotopic (exact) mass is 382 g/mol. The third kappa shape index (κ3) is 5.31. The lowest BCUT2D eigenvalue weighted by Crippen LogP contribution is -2.35. The van der Waals surface area contributed by atoms with Crippen molar-refractivity contribution in [1.29, 1.82) is 0 Å². The van der Waals surface area contributed by atoms with Crippen molar-refractivity contribution in [2.24, 2.45) is 0 Å². The zero-order valence-corrected chi connectivity index (χ0v) is 16.4. The van der Waals surface area contributed by atoms with Gasteiger partial charge in [0.25, 0.3) is 0 Å². The zero-order chi connectivity index (χ0) is 18.2. The molecule has 1 N–H and O–H groups in total. The topological polar surface area (TPSA) is 24.5 Å². The third-order valence-corrected chi connectivity index (χ3v) is 5.29. The molecule has 0 aliphatic heterocycles. The smallest absolute Gasteiger partial charge is 0.173 e. The minimum absolute atomic E-state index is 0.736.